The molecule has 5 rings (SSSR count). The highest BCUT2D eigenvalue weighted by Crippen LogP contribution is 2.24. The van der Waals surface area contributed by atoms with Crippen molar-refractivity contribution in [3.05, 3.63) is 102 Å². The van der Waals surface area contributed by atoms with Crippen LogP contribution >= 0.6 is 0 Å². The van der Waals surface area contributed by atoms with E-state index in [4.69, 9.17) is 9.47 Å². The van der Waals surface area contributed by atoms with Crippen LogP contribution in [0.4, 0.5) is 0 Å². The smallest absolute Gasteiger partial charge is 0.304 e. The monoisotopic (exact) mass is 597 g/mol. The molecule has 0 unspecified atom stereocenters. The molecule has 1 aliphatic heterocycles. The number of amides is 2. The third-order valence-electron chi connectivity index (χ3n) is 7.93. The number of nitrogens with zero attached hydrogens (tertiary/aromatic N) is 1. The molecule has 44 heavy (non-hydrogen) atoms. The number of fused-ring (bicyclic) bond motifs is 5. The van der Waals surface area contributed by atoms with Gasteiger partial charge in [-0.05, 0) is 54.2 Å². The summed E-state index contributed by atoms with van der Waals surface area (Å²) in [6.45, 7) is 2.37. The third-order valence-corrected chi connectivity index (χ3v) is 7.93. The van der Waals surface area contributed by atoms with Crippen molar-refractivity contribution in [3.8, 4) is 5.75 Å². The van der Waals surface area contributed by atoms with Crippen LogP contribution < -0.4 is 15.4 Å². The van der Waals surface area contributed by atoms with Gasteiger partial charge in [-0.3, -0.25) is 14.4 Å². The minimum Gasteiger partial charge on any atom is -0.489 e. The summed E-state index contributed by atoms with van der Waals surface area (Å²) in [5.74, 6) is -1.79. The van der Waals surface area contributed by atoms with Gasteiger partial charge in [0.25, 0.3) is 0 Å². The van der Waals surface area contributed by atoms with Crippen molar-refractivity contribution in [1.29, 1.82) is 0 Å². The van der Waals surface area contributed by atoms with Crippen LogP contribution in [-0.4, -0.2) is 53.3 Å². The first-order chi connectivity index (χ1) is 21.5. The lowest BCUT2D eigenvalue weighted by molar-refractivity contribution is -0.141. The second-order valence-corrected chi connectivity index (χ2v) is 11.1. The van der Waals surface area contributed by atoms with Crippen molar-refractivity contribution >= 4 is 28.7 Å². The number of carboxylic acid groups (broad SMARTS) is 1. The van der Waals surface area contributed by atoms with Crippen LogP contribution in [0.3, 0.4) is 0 Å². The molecular weight excluding hydrogens is 558 g/mol. The number of carboxylic acids is 1. The average molecular weight is 598 g/mol. The van der Waals surface area contributed by atoms with E-state index in [1.807, 2.05) is 85.1 Å². The van der Waals surface area contributed by atoms with Gasteiger partial charge in [-0.2, -0.15) is 0 Å². The number of rotatable bonds is 11. The highest BCUT2D eigenvalue weighted by Gasteiger charge is 2.28. The summed E-state index contributed by atoms with van der Waals surface area (Å²) in [5, 5.41) is 16.3. The number of nitrogens with one attached hydrogen (secondary N) is 2. The van der Waals surface area contributed by atoms with Crippen LogP contribution in [0.2, 0.25) is 0 Å². The summed E-state index contributed by atoms with van der Waals surface area (Å²) >= 11 is 0. The van der Waals surface area contributed by atoms with E-state index in [1.54, 1.807) is 0 Å². The number of aliphatic carboxylic acids is 1. The zero-order valence-electron chi connectivity index (χ0n) is 24.7. The Kier molecular flexibility index (Phi) is 10.6. The quantitative estimate of drug-likeness (QED) is 0.234. The number of hydrogen-bond acceptors (Lipinski definition) is 5. The largest absolute Gasteiger partial charge is 0.489 e. The van der Waals surface area contributed by atoms with E-state index in [-0.39, 0.29) is 12.3 Å². The molecule has 2 amide bonds. The summed E-state index contributed by atoms with van der Waals surface area (Å²) in [4.78, 5) is 38.4. The lowest BCUT2D eigenvalue weighted by atomic mass is 9.94. The van der Waals surface area contributed by atoms with E-state index in [0.29, 0.717) is 58.6 Å². The molecule has 4 aromatic rings. The van der Waals surface area contributed by atoms with Gasteiger partial charge in [0.1, 0.15) is 18.4 Å². The predicted octanol–water partition coefficient (Wildman–Crippen LogP) is 4.51. The maximum absolute atomic E-state index is 13.5. The van der Waals surface area contributed by atoms with Crippen molar-refractivity contribution < 1.29 is 29.0 Å². The van der Waals surface area contributed by atoms with Gasteiger partial charge in [0, 0.05) is 42.5 Å². The first-order valence-corrected chi connectivity index (χ1v) is 15.2. The van der Waals surface area contributed by atoms with Crippen molar-refractivity contribution in [2.24, 2.45) is 5.92 Å². The molecule has 2 atom stereocenters. The molecule has 3 aromatic carbocycles. The molecule has 1 aliphatic rings. The number of ether oxygens (including phenoxy) is 2. The number of aryl methyl sites for hydroxylation is 1. The molecular formula is C35H39N3O6. The lowest BCUT2D eigenvalue weighted by Gasteiger charge is -2.22. The van der Waals surface area contributed by atoms with Crippen LogP contribution in [0.5, 0.6) is 5.75 Å². The third kappa shape index (κ3) is 8.48. The van der Waals surface area contributed by atoms with Gasteiger partial charge in [0.15, 0.2) is 0 Å². The maximum atomic E-state index is 13.5. The normalized spacial score (nSPS) is 16.3. The van der Waals surface area contributed by atoms with E-state index in [9.17, 15) is 19.5 Å². The van der Waals surface area contributed by atoms with E-state index < -0.39 is 23.8 Å². The minimum atomic E-state index is -1.05. The fraction of sp³-hybridized carbons (Fsp3) is 0.343. The fourth-order valence-corrected chi connectivity index (χ4v) is 5.61. The zero-order valence-corrected chi connectivity index (χ0v) is 24.7. The van der Waals surface area contributed by atoms with Gasteiger partial charge >= 0.3 is 5.97 Å². The van der Waals surface area contributed by atoms with Crippen LogP contribution in [0.15, 0.2) is 85.1 Å². The molecule has 2 heterocycles. The molecule has 9 nitrogen and oxygen atoms in total. The van der Waals surface area contributed by atoms with Crippen molar-refractivity contribution in [1.82, 2.24) is 15.2 Å². The Labute approximate surface area is 257 Å². The zero-order chi connectivity index (χ0) is 30.7. The maximum Gasteiger partial charge on any atom is 0.304 e. The van der Waals surface area contributed by atoms with Gasteiger partial charge < -0.3 is 29.8 Å². The highest BCUT2D eigenvalue weighted by molar-refractivity contribution is 5.91. The van der Waals surface area contributed by atoms with Crippen LogP contribution in [0.25, 0.3) is 10.9 Å². The second-order valence-electron chi connectivity index (χ2n) is 11.1. The first kappa shape index (κ1) is 30.8. The van der Waals surface area contributed by atoms with Gasteiger partial charge in [-0.15, -0.1) is 0 Å². The molecule has 0 spiro atoms. The molecule has 2 bridgehead atoms. The van der Waals surface area contributed by atoms with Gasteiger partial charge in [0.05, 0.1) is 19.6 Å². The molecule has 9 heteroatoms. The molecule has 0 saturated heterocycles. The Morgan fingerprint density at radius 1 is 1.00 bits per heavy atom. The molecule has 0 saturated carbocycles. The number of benzene rings is 3. The standard InChI is InChI=1S/C35H39N3O6/c39-33(40)22-27(10-6-9-25-13-15-29(16-14-25)44-24-26-7-2-1-3-8-26)34(41)37-31-21-28-23-38(32-12-5-4-11-30(28)32)18-20-43-19-17-36-35(31)42/h1-5,7-8,11-16,23,27,31H,6,9-10,17-22,24H2,(H,36,42)(H,37,41)(H,39,40)/t27-,31+/m1/s1. The van der Waals surface area contributed by atoms with Crippen LogP contribution in [-0.2, 0) is 45.1 Å². The first-order valence-electron chi connectivity index (χ1n) is 15.2. The number of hydrogen-bond donors (Lipinski definition) is 3. The molecule has 0 fully saturated rings. The van der Waals surface area contributed by atoms with Gasteiger partial charge in [-0.1, -0.05) is 60.7 Å². The Morgan fingerprint density at radius 3 is 2.57 bits per heavy atom. The van der Waals surface area contributed by atoms with Gasteiger partial charge in [-0.25, -0.2) is 0 Å². The summed E-state index contributed by atoms with van der Waals surface area (Å²) < 4.78 is 13.7. The molecule has 1 aromatic heterocycles. The Bertz CT molecular complexity index is 1550. The van der Waals surface area contributed by atoms with E-state index in [0.717, 1.165) is 33.3 Å². The van der Waals surface area contributed by atoms with Crippen molar-refractivity contribution in [3.63, 3.8) is 0 Å². The summed E-state index contributed by atoms with van der Waals surface area (Å²) in [6.07, 6.45) is 3.69. The molecule has 0 aliphatic carbocycles. The topological polar surface area (TPSA) is 119 Å². The summed E-state index contributed by atoms with van der Waals surface area (Å²) in [6, 6.07) is 24.9. The minimum absolute atomic E-state index is 0.296. The Hall–Kier alpha value is -4.63. The van der Waals surface area contributed by atoms with Gasteiger partial charge in [0.2, 0.25) is 11.8 Å². The van der Waals surface area contributed by atoms with Crippen LogP contribution in [0.1, 0.15) is 36.0 Å². The SMILES string of the molecule is O=C(O)C[C@@H](CCCc1ccc(OCc2ccccc2)cc1)C(=O)N[C@H]1Cc2cn(c3ccccc23)CCOCCNC1=O. The summed E-state index contributed by atoms with van der Waals surface area (Å²) in [7, 11) is 0. The van der Waals surface area contributed by atoms with Crippen molar-refractivity contribution in [2.45, 2.75) is 51.3 Å². The number of aromatic nitrogens is 1. The molecule has 230 valence electrons. The number of carbonyl (C=O) groups excluding carboxylic acids is 2. The Balaban J connectivity index is 1.21. The van der Waals surface area contributed by atoms with E-state index in [1.165, 1.54) is 0 Å². The highest BCUT2D eigenvalue weighted by atomic mass is 16.5. The summed E-state index contributed by atoms with van der Waals surface area (Å²) in [5.41, 5.74) is 4.14. The van der Waals surface area contributed by atoms with E-state index >= 15 is 0 Å². The van der Waals surface area contributed by atoms with Crippen LogP contribution in [0, 0.1) is 5.92 Å². The van der Waals surface area contributed by atoms with E-state index in [2.05, 4.69) is 15.2 Å². The molecule has 3 N–H and O–H groups in total. The predicted molar refractivity (Wildman–Crippen MR) is 167 cm³/mol. The number of carbonyl (C=O) groups is 3. The van der Waals surface area contributed by atoms with Crippen molar-refractivity contribution in [2.75, 3.05) is 19.8 Å². The number of para-hydroxylation sites is 1. The average Bonchev–Trinajstić information content (AvgIpc) is 3.38. The molecule has 0 radical (unpaired) electrons. The Morgan fingerprint density at radius 2 is 1.77 bits per heavy atom. The fourth-order valence-electron chi connectivity index (χ4n) is 5.61. The second kappa shape index (κ2) is 15.2. The lowest BCUT2D eigenvalue weighted by Crippen LogP contribution is -2.50.